The van der Waals surface area contributed by atoms with Gasteiger partial charge in [0.25, 0.3) is 11.6 Å². The lowest BCUT2D eigenvalue weighted by molar-refractivity contribution is -0.384. The van der Waals surface area contributed by atoms with Crippen LogP contribution in [0.25, 0.3) is 0 Å². The van der Waals surface area contributed by atoms with Crippen LogP contribution in [0.4, 0.5) is 21.5 Å². The van der Waals surface area contributed by atoms with Crippen LogP contribution in [0.3, 0.4) is 0 Å². The van der Waals surface area contributed by atoms with Gasteiger partial charge in [-0.25, -0.2) is 9.29 Å². The predicted octanol–water partition coefficient (Wildman–Crippen LogP) is 4.41. The molecule has 1 unspecified atom stereocenters. The number of hydrogen-bond acceptors (Lipinski definition) is 6. The molecular weight excluding hydrogens is 449 g/mol. The summed E-state index contributed by atoms with van der Waals surface area (Å²) in [5.41, 5.74) is 0.768. The molecule has 1 heterocycles. The van der Waals surface area contributed by atoms with Crippen molar-refractivity contribution < 1.29 is 23.7 Å². The van der Waals surface area contributed by atoms with Crippen molar-refractivity contribution in [1.29, 1.82) is 0 Å². The van der Waals surface area contributed by atoms with E-state index in [-0.39, 0.29) is 29.5 Å². The van der Waals surface area contributed by atoms with Gasteiger partial charge in [-0.05, 0) is 54.6 Å². The Morgan fingerprint density at radius 1 is 1.06 bits per heavy atom. The van der Waals surface area contributed by atoms with Crippen molar-refractivity contribution in [3.05, 3.63) is 94.3 Å². The first-order chi connectivity index (χ1) is 15.8. The van der Waals surface area contributed by atoms with E-state index >= 15 is 0 Å². The summed E-state index contributed by atoms with van der Waals surface area (Å²) in [6.07, 6.45) is 0.0200. The minimum absolute atomic E-state index is 0.0200. The maximum absolute atomic E-state index is 13.1. The third kappa shape index (κ3) is 4.90. The molecule has 0 saturated carbocycles. The molecular formula is C23H16FN3O5S. The van der Waals surface area contributed by atoms with E-state index in [4.69, 9.17) is 0 Å². The lowest BCUT2D eigenvalue weighted by Gasteiger charge is -2.15. The first-order valence-electron chi connectivity index (χ1n) is 9.77. The van der Waals surface area contributed by atoms with Crippen molar-refractivity contribution in [2.24, 2.45) is 0 Å². The van der Waals surface area contributed by atoms with E-state index in [0.29, 0.717) is 11.4 Å². The van der Waals surface area contributed by atoms with Crippen molar-refractivity contribution >= 4 is 46.5 Å². The molecule has 1 fully saturated rings. The summed E-state index contributed by atoms with van der Waals surface area (Å²) in [5.74, 6) is -1.68. The molecule has 0 aromatic heterocycles. The number of nitro groups is 1. The Labute approximate surface area is 191 Å². The fourth-order valence-electron chi connectivity index (χ4n) is 3.30. The number of imide groups is 1. The highest BCUT2D eigenvalue weighted by atomic mass is 32.2. The minimum Gasteiger partial charge on any atom is -0.322 e. The highest BCUT2D eigenvalue weighted by Gasteiger charge is 2.40. The number of non-ortho nitro benzene ring substituents is 1. The number of benzene rings is 3. The molecule has 1 aliphatic heterocycles. The van der Waals surface area contributed by atoms with Gasteiger partial charge >= 0.3 is 0 Å². The lowest BCUT2D eigenvalue weighted by Crippen LogP contribution is -2.31. The van der Waals surface area contributed by atoms with Crippen molar-refractivity contribution in [3.63, 3.8) is 0 Å². The fourth-order valence-corrected chi connectivity index (χ4v) is 4.36. The van der Waals surface area contributed by atoms with E-state index in [9.17, 15) is 28.9 Å². The summed E-state index contributed by atoms with van der Waals surface area (Å²) in [4.78, 5) is 49.5. The number of halogens is 1. The quantitative estimate of drug-likeness (QED) is 0.328. The summed E-state index contributed by atoms with van der Waals surface area (Å²) in [6, 6.07) is 17.2. The molecule has 166 valence electrons. The van der Waals surface area contributed by atoms with Crippen molar-refractivity contribution in [2.45, 2.75) is 16.6 Å². The molecule has 0 aliphatic carbocycles. The van der Waals surface area contributed by atoms with Crippen LogP contribution < -0.4 is 10.2 Å². The molecule has 3 aromatic rings. The van der Waals surface area contributed by atoms with Crippen LogP contribution in [-0.2, 0) is 9.59 Å². The van der Waals surface area contributed by atoms with Crippen molar-refractivity contribution in [2.75, 3.05) is 10.2 Å². The Balaban J connectivity index is 1.40. The van der Waals surface area contributed by atoms with Crippen LogP contribution in [-0.4, -0.2) is 27.9 Å². The number of thioether (sulfide) groups is 1. The normalized spacial score (nSPS) is 15.5. The zero-order valence-corrected chi connectivity index (χ0v) is 17.8. The number of carbonyl (C=O) groups is 3. The summed E-state index contributed by atoms with van der Waals surface area (Å²) in [7, 11) is 0. The molecule has 4 rings (SSSR count). The van der Waals surface area contributed by atoms with Gasteiger partial charge in [-0.3, -0.25) is 24.5 Å². The molecule has 0 spiro atoms. The Morgan fingerprint density at radius 3 is 2.42 bits per heavy atom. The standard InChI is InChI=1S/C23H16FN3O5S/c24-15-4-8-17(9-5-15)26-21(28)13-20(23(26)30)33-19-10-6-16(7-11-19)25-22(29)14-2-1-3-18(12-14)27(31)32/h1-12,20H,13H2,(H,25,29). The molecule has 1 aliphatic rings. The second-order valence-electron chi connectivity index (χ2n) is 7.14. The number of nitro benzene ring substituents is 1. The van der Waals surface area contributed by atoms with Gasteiger partial charge in [0.05, 0.1) is 15.9 Å². The average Bonchev–Trinajstić information content (AvgIpc) is 3.08. The Morgan fingerprint density at radius 2 is 1.76 bits per heavy atom. The van der Waals surface area contributed by atoms with Crippen LogP contribution in [0.15, 0.2) is 77.7 Å². The van der Waals surface area contributed by atoms with Gasteiger partial charge in [0, 0.05) is 34.7 Å². The van der Waals surface area contributed by atoms with Gasteiger partial charge in [0.1, 0.15) is 5.82 Å². The highest BCUT2D eigenvalue weighted by molar-refractivity contribution is 8.00. The predicted molar refractivity (Wildman–Crippen MR) is 121 cm³/mol. The number of nitrogens with zero attached hydrogens (tertiary/aromatic N) is 2. The number of amides is 3. The molecule has 8 nitrogen and oxygen atoms in total. The molecule has 0 bridgehead atoms. The minimum atomic E-state index is -0.618. The van der Waals surface area contributed by atoms with Crippen LogP contribution in [0.1, 0.15) is 16.8 Å². The van der Waals surface area contributed by atoms with Crippen LogP contribution in [0.5, 0.6) is 0 Å². The zero-order chi connectivity index (χ0) is 23.5. The zero-order valence-electron chi connectivity index (χ0n) is 16.9. The van der Waals surface area contributed by atoms with Gasteiger partial charge in [-0.15, -0.1) is 11.8 Å². The largest absolute Gasteiger partial charge is 0.322 e. The molecule has 1 saturated heterocycles. The van der Waals surface area contributed by atoms with Crippen LogP contribution in [0.2, 0.25) is 0 Å². The molecule has 1 atom stereocenters. The maximum Gasteiger partial charge on any atom is 0.270 e. The molecule has 1 N–H and O–H groups in total. The number of hydrogen-bond donors (Lipinski definition) is 1. The van der Waals surface area contributed by atoms with E-state index in [2.05, 4.69) is 5.32 Å². The second kappa shape index (κ2) is 9.21. The third-order valence-electron chi connectivity index (χ3n) is 4.90. The van der Waals surface area contributed by atoms with Crippen LogP contribution in [0, 0.1) is 15.9 Å². The smallest absolute Gasteiger partial charge is 0.270 e. The van der Waals surface area contributed by atoms with Crippen molar-refractivity contribution in [3.8, 4) is 0 Å². The Kier molecular flexibility index (Phi) is 6.18. The van der Waals surface area contributed by atoms with E-state index < -0.39 is 21.9 Å². The summed E-state index contributed by atoms with van der Waals surface area (Å²) >= 11 is 1.22. The summed E-state index contributed by atoms with van der Waals surface area (Å²) in [5, 5.41) is 12.9. The van der Waals surface area contributed by atoms with E-state index in [1.807, 2.05) is 0 Å². The SMILES string of the molecule is O=C(Nc1ccc(SC2CC(=O)N(c3ccc(F)cc3)C2=O)cc1)c1cccc([N+](=O)[O-])c1. The molecule has 3 amide bonds. The number of nitrogens with one attached hydrogen (secondary N) is 1. The van der Waals surface area contributed by atoms with Gasteiger partial charge in [0.15, 0.2) is 0 Å². The fraction of sp³-hybridized carbons (Fsp3) is 0.0870. The molecule has 10 heteroatoms. The molecule has 0 radical (unpaired) electrons. The topological polar surface area (TPSA) is 110 Å². The summed E-state index contributed by atoms with van der Waals surface area (Å²) < 4.78 is 13.1. The van der Waals surface area contributed by atoms with E-state index in [1.165, 1.54) is 60.3 Å². The third-order valence-corrected chi connectivity index (χ3v) is 6.10. The highest BCUT2D eigenvalue weighted by Crippen LogP contribution is 2.34. The summed E-state index contributed by atoms with van der Waals surface area (Å²) in [6.45, 7) is 0. The first kappa shape index (κ1) is 22.2. The lowest BCUT2D eigenvalue weighted by atomic mass is 10.2. The Hall–Kier alpha value is -4.05. The van der Waals surface area contributed by atoms with E-state index in [0.717, 1.165) is 9.80 Å². The van der Waals surface area contributed by atoms with E-state index in [1.54, 1.807) is 24.3 Å². The second-order valence-corrected chi connectivity index (χ2v) is 8.42. The van der Waals surface area contributed by atoms with Crippen LogP contribution >= 0.6 is 11.8 Å². The number of carbonyl (C=O) groups excluding carboxylic acids is 3. The number of anilines is 2. The van der Waals surface area contributed by atoms with Gasteiger partial charge < -0.3 is 5.32 Å². The molecule has 33 heavy (non-hydrogen) atoms. The van der Waals surface area contributed by atoms with Gasteiger partial charge in [-0.1, -0.05) is 6.07 Å². The number of rotatable bonds is 6. The molecule has 3 aromatic carbocycles. The maximum atomic E-state index is 13.1. The van der Waals surface area contributed by atoms with Gasteiger partial charge in [-0.2, -0.15) is 0 Å². The first-order valence-corrected chi connectivity index (χ1v) is 10.6. The van der Waals surface area contributed by atoms with Crippen molar-refractivity contribution in [1.82, 2.24) is 0 Å². The average molecular weight is 465 g/mol. The Bertz CT molecular complexity index is 1250. The van der Waals surface area contributed by atoms with Gasteiger partial charge in [0.2, 0.25) is 11.8 Å². The monoisotopic (exact) mass is 465 g/mol.